The Bertz CT molecular complexity index is 732. The van der Waals surface area contributed by atoms with E-state index < -0.39 is 0 Å². The molecule has 4 heteroatoms. The van der Waals surface area contributed by atoms with Gasteiger partial charge in [0.15, 0.2) is 0 Å². The van der Waals surface area contributed by atoms with E-state index in [4.69, 9.17) is 15.2 Å². The summed E-state index contributed by atoms with van der Waals surface area (Å²) in [7, 11) is 1.65. The first-order valence-electron chi connectivity index (χ1n) is 6.86. The van der Waals surface area contributed by atoms with Crippen molar-refractivity contribution in [3.8, 4) is 11.5 Å². The first-order valence-corrected chi connectivity index (χ1v) is 6.86. The number of aromatic amines is 1. The molecule has 0 aliphatic rings. The number of ether oxygens (including phenoxy) is 2. The highest BCUT2D eigenvalue weighted by atomic mass is 16.5. The topological polar surface area (TPSA) is 60.3 Å². The lowest BCUT2D eigenvalue weighted by Gasteiger charge is -2.06. The van der Waals surface area contributed by atoms with Crippen LogP contribution in [0.4, 0.5) is 0 Å². The Labute approximate surface area is 123 Å². The molecule has 0 bridgehead atoms. The quantitative estimate of drug-likeness (QED) is 0.755. The Morgan fingerprint density at radius 2 is 1.81 bits per heavy atom. The lowest BCUT2D eigenvalue weighted by atomic mass is 10.1. The van der Waals surface area contributed by atoms with E-state index in [-0.39, 0.29) is 0 Å². The summed E-state index contributed by atoms with van der Waals surface area (Å²) in [5.41, 5.74) is 8.99. The molecule has 21 heavy (non-hydrogen) atoms. The molecule has 1 heterocycles. The summed E-state index contributed by atoms with van der Waals surface area (Å²) >= 11 is 0. The van der Waals surface area contributed by atoms with Crippen LogP contribution in [0.3, 0.4) is 0 Å². The smallest absolute Gasteiger partial charge is 0.120 e. The number of aromatic nitrogens is 1. The maximum atomic E-state index is 5.81. The molecule has 0 atom stereocenters. The van der Waals surface area contributed by atoms with Crippen molar-refractivity contribution in [1.29, 1.82) is 0 Å². The largest absolute Gasteiger partial charge is 0.497 e. The lowest BCUT2D eigenvalue weighted by Crippen LogP contribution is -1.96. The zero-order valence-corrected chi connectivity index (χ0v) is 11.9. The number of benzene rings is 2. The Kier molecular flexibility index (Phi) is 3.79. The number of nitrogens with two attached hydrogens (primary N) is 1. The lowest BCUT2D eigenvalue weighted by molar-refractivity contribution is 0.307. The highest BCUT2D eigenvalue weighted by Crippen LogP contribution is 2.22. The van der Waals surface area contributed by atoms with Crippen molar-refractivity contribution in [2.24, 2.45) is 5.73 Å². The van der Waals surface area contributed by atoms with Crippen molar-refractivity contribution in [3.05, 3.63) is 59.8 Å². The van der Waals surface area contributed by atoms with E-state index in [1.54, 1.807) is 7.11 Å². The van der Waals surface area contributed by atoms with Gasteiger partial charge in [0.05, 0.1) is 7.11 Å². The average Bonchev–Trinajstić information content (AvgIpc) is 2.95. The Hall–Kier alpha value is -2.46. The molecule has 3 rings (SSSR count). The van der Waals surface area contributed by atoms with Crippen LogP contribution in [-0.2, 0) is 13.2 Å². The molecule has 3 aromatic rings. The van der Waals surface area contributed by atoms with Crippen LogP contribution >= 0.6 is 0 Å². The Morgan fingerprint density at radius 3 is 2.52 bits per heavy atom. The summed E-state index contributed by atoms with van der Waals surface area (Å²) in [6.45, 7) is 1.07. The zero-order valence-electron chi connectivity index (χ0n) is 11.9. The summed E-state index contributed by atoms with van der Waals surface area (Å²) in [5, 5.41) is 1.17. The van der Waals surface area contributed by atoms with E-state index >= 15 is 0 Å². The molecule has 1 aromatic heterocycles. The van der Waals surface area contributed by atoms with E-state index in [0.717, 1.165) is 28.1 Å². The van der Waals surface area contributed by atoms with Gasteiger partial charge in [0.2, 0.25) is 0 Å². The number of nitrogens with one attached hydrogen (secondary N) is 1. The molecule has 0 spiro atoms. The van der Waals surface area contributed by atoms with Crippen molar-refractivity contribution < 1.29 is 9.47 Å². The van der Waals surface area contributed by atoms with Crippen molar-refractivity contribution in [2.45, 2.75) is 13.2 Å². The van der Waals surface area contributed by atoms with Crippen molar-refractivity contribution in [1.82, 2.24) is 4.98 Å². The van der Waals surface area contributed by atoms with E-state index in [9.17, 15) is 0 Å². The fraction of sp³-hybridized carbons (Fsp3) is 0.176. The number of H-pyrrole nitrogens is 1. The van der Waals surface area contributed by atoms with Gasteiger partial charge in [-0.2, -0.15) is 0 Å². The van der Waals surface area contributed by atoms with Gasteiger partial charge in [0.25, 0.3) is 0 Å². The molecular weight excluding hydrogens is 264 g/mol. The molecular formula is C17H18N2O2. The van der Waals surface area contributed by atoms with Crippen LogP contribution in [0.2, 0.25) is 0 Å². The summed E-state index contributed by atoms with van der Waals surface area (Å²) in [4.78, 5) is 3.26. The predicted octanol–water partition coefficient (Wildman–Crippen LogP) is 3.21. The van der Waals surface area contributed by atoms with Gasteiger partial charge < -0.3 is 20.2 Å². The third kappa shape index (κ3) is 2.85. The second-order valence-electron chi connectivity index (χ2n) is 4.86. The van der Waals surface area contributed by atoms with E-state index in [2.05, 4.69) is 17.1 Å². The van der Waals surface area contributed by atoms with Crippen LogP contribution in [0, 0.1) is 0 Å². The highest BCUT2D eigenvalue weighted by molar-refractivity contribution is 5.83. The molecule has 0 aliphatic carbocycles. The van der Waals surface area contributed by atoms with Crippen molar-refractivity contribution in [3.63, 3.8) is 0 Å². The van der Waals surface area contributed by atoms with Gasteiger partial charge in [-0.05, 0) is 35.9 Å². The summed E-state index contributed by atoms with van der Waals surface area (Å²) in [6, 6.07) is 13.8. The maximum absolute atomic E-state index is 5.81. The van der Waals surface area contributed by atoms with Gasteiger partial charge in [-0.1, -0.05) is 12.1 Å². The molecule has 0 saturated heterocycles. The van der Waals surface area contributed by atoms with Crippen LogP contribution < -0.4 is 15.2 Å². The molecule has 0 fully saturated rings. The molecule has 0 amide bonds. The molecule has 3 N–H and O–H groups in total. The van der Waals surface area contributed by atoms with Crippen LogP contribution in [0.5, 0.6) is 11.5 Å². The minimum Gasteiger partial charge on any atom is -0.497 e. The Balaban J connectivity index is 1.75. The van der Waals surface area contributed by atoms with E-state index in [1.807, 2.05) is 36.5 Å². The highest BCUT2D eigenvalue weighted by Gasteiger charge is 2.05. The first kappa shape index (κ1) is 13.5. The van der Waals surface area contributed by atoms with Crippen LogP contribution in [0.25, 0.3) is 10.9 Å². The number of fused-ring (bicyclic) bond motifs is 1. The third-order valence-corrected chi connectivity index (χ3v) is 3.52. The molecule has 108 valence electrons. The predicted molar refractivity (Wildman–Crippen MR) is 83.5 cm³/mol. The summed E-state index contributed by atoms with van der Waals surface area (Å²) in [5.74, 6) is 1.65. The normalized spacial score (nSPS) is 10.8. The minimum atomic E-state index is 0.522. The van der Waals surface area contributed by atoms with E-state index in [1.165, 1.54) is 5.39 Å². The van der Waals surface area contributed by atoms with Gasteiger partial charge in [-0.15, -0.1) is 0 Å². The molecule has 4 nitrogen and oxygen atoms in total. The fourth-order valence-corrected chi connectivity index (χ4v) is 2.31. The molecule has 0 saturated carbocycles. The van der Waals surface area contributed by atoms with Gasteiger partial charge in [-0.3, -0.25) is 0 Å². The number of methoxy groups -OCH3 is 1. The summed E-state index contributed by atoms with van der Waals surface area (Å²) < 4.78 is 10.9. The monoisotopic (exact) mass is 282 g/mol. The molecule has 0 unspecified atom stereocenters. The standard InChI is InChI=1S/C17H18N2O2/c1-20-14-3-5-15(6-4-14)21-11-13-10-19-17-8-12(9-18)2-7-16(13)17/h2-8,10,19H,9,11,18H2,1H3. The second kappa shape index (κ2) is 5.89. The first-order chi connectivity index (χ1) is 10.3. The summed E-state index contributed by atoms with van der Waals surface area (Å²) in [6.07, 6.45) is 1.98. The van der Waals surface area contributed by atoms with Gasteiger partial charge in [0, 0.05) is 29.2 Å². The number of hydrogen-bond donors (Lipinski definition) is 2. The van der Waals surface area contributed by atoms with Crippen LogP contribution in [0.15, 0.2) is 48.7 Å². The molecule has 0 aliphatic heterocycles. The van der Waals surface area contributed by atoms with E-state index in [0.29, 0.717) is 13.2 Å². The maximum Gasteiger partial charge on any atom is 0.120 e. The minimum absolute atomic E-state index is 0.522. The molecule has 2 aromatic carbocycles. The van der Waals surface area contributed by atoms with Gasteiger partial charge >= 0.3 is 0 Å². The third-order valence-electron chi connectivity index (χ3n) is 3.52. The van der Waals surface area contributed by atoms with Gasteiger partial charge in [-0.25, -0.2) is 0 Å². The average molecular weight is 282 g/mol. The Morgan fingerprint density at radius 1 is 1.05 bits per heavy atom. The fourth-order valence-electron chi connectivity index (χ4n) is 2.31. The zero-order chi connectivity index (χ0) is 14.7. The van der Waals surface area contributed by atoms with Crippen molar-refractivity contribution >= 4 is 10.9 Å². The van der Waals surface area contributed by atoms with Crippen LogP contribution in [-0.4, -0.2) is 12.1 Å². The SMILES string of the molecule is COc1ccc(OCc2c[nH]c3cc(CN)ccc23)cc1. The van der Waals surface area contributed by atoms with Gasteiger partial charge in [0.1, 0.15) is 18.1 Å². The number of rotatable bonds is 5. The van der Waals surface area contributed by atoms with Crippen molar-refractivity contribution in [2.75, 3.05) is 7.11 Å². The van der Waals surface area contributed by atoms with Crippen LogP contribution in [0.1, 0.15) is 11.1 Å². The number of hydrogen-bond acceptors (Lipinski definition) is 3. The molecule has 0 radical (unpaired) electrons. The second-order valence-corrected chi connectivity index (χ2v) is 4.86.